The number of carbonyl (C=O) groups is 1. The minimum atomic E-state index is 0.236. The molecule has 1 heterocycles. The SMILES string of the molecule is CCO[C@H]1C[C@H](N(C)CC2CCN(C(C)=O)CC2)C12CCCC2. The van der Waals surface area contributed by atoms with Crippen LogP contribution in [0.2, 0.25) is 0 Å². The van der Waals surface area contributed by atoms with Crippen molar-refractivity contribution in [3.63, 3.8) is 0 Å². The van der Waals surface area contributed by atoms with Gasteiger partial charge in [-0.3, -0.25) is 4.79 Å². The number of amides is 1. The highest BCUT2D eigenvalue weighted by atomic mass is 16.5. The van der Waals surface area contributed by atoms with E-state index in [-0.39, 0.29) is 5.91 Å². The van der Waals surface area contributed by atoms with Gasteiger partial charge in [0.1, 0.15) is 0 Å². The molecule has 0 unspecified atom stereocenters. The predicted molar refractivity (Wildman–Crippen MR) is 92.3 cm³/mol. The van der Waals surface area contributed by atoms with Gasteiger partial charge in [0.25, 0.3) is 0 Å². The number of hydrogen-bond donors (Lipinski definition) is 0. The molecule has 3 rings (SSSR count). The molecule has 0 bridgehead atoms. The van der Waals surface area contributed by atoms with E-state index < -0.39 is 0 Å². The maximum atomic E-state index is 11.5. The lowest BCUT2D eigenvalue weighted by atomic mass is 9.60. The first-order valence-electron chi connectivity index (χ1n) is 9.64. The molecule has 3 fully saturated rings. The first-order valence-corrected chi connectivity index (χ1v) is 9.64. The van der Waals surface area contributed by atoms with Crippen molar-refractivity contribution in [3.8, 4) is 0 Å². The first-order chi connectivity index (χ1) is 11.1. The minimum Gasteiger partial charge on any atom is -0.378 e. The first kappa shape index (κ1) is 17.2. The fourth-order valence-corrected chi connectivity index (χ4v) is 5.43. The monoisotopic (exact) mass is 322 g/mol. The Labute approximate surface area is 141 Å². The summed E-state index contributed by atoms with van der Waals surface area (Å²) in [5.74, 6) is 0.987. The van der Waals surface area contributed by atoms with Gasteiger partial charge >= 0.3 is 0 Å². The smallest absolute Gasteiger partial charge is 0.219 e. The number of nitrogens with zero attached hydrogens (tertiary/aromatic N) is 2. The third-order valence-electron chi connectivity index (χ3n) is 6.78. The topological polar surface area (TPSA) is 32.8 Å². The van der Waals surface area contributed by atoms with E-state index in [9.17, 15) is 4.79 Å². The van der Waals surface area contributed by atoms with Gasteiger partial charge in [-0.1, -0.05) is 12.8 Å². The second-order valence-electron chi connectivity index (χ2n) is 8.02. The van der Waals surface area contributed by atoms with E-state index in [2.05, 4.69) is 18.9 Å². The predicted octanol–water partition coefficient (Wildman–Crippen LogP) is 2.91. The number of hydrogen-bond acceptors (Lipinski definition) is 3. The molecule has 1 aliphatic heterocycles. The van der Waals surface area contributed by atoms with Gasteiger partial charge in [0.15, 0.2) is 0 Å². The fourth-order valence-electron chi connectivity index (χ4n) is 5.43. The Morgan fingerprint density at radius 2 is 1.91 bits per heavy atom. The fraction of sp³-hybridized carbons (Fsp3) is 0.947. The lowest BCUT2D eigenvalue weighted by molar-refractivity contribution is -0.162. The molecule has 4 heteroatoms. The normalized spacial score (nSPS) is 30.9. The highest BCUT2D eigenvalue weighted by Crippen LogP contribution is 2.56. The van der Waals surface area contributed by atoms with Crippen LogP contribution in [-0.4, -0.2) is 61.1 Å². The van der Waals surface area contributed by atoms with Crippen molar-refractivity contribution in [1.29, 1.82) is 0 Å². The van der Waals surface area contributed by atoms with Gasteiger partial charge in [-0.2, -0.15) is 0 Å². The summed E-state index contributed by atoms with van der Waals surface area (Å²) in [6, 6.07) is 0.715. The zero-order chi connectivity index (χ0) is 16.4. The van der Waals surface area contributed by atoms with Crippen LogP contribution in [0.4, 0.5) is 0 Å². The highest BCUT2D eigenvalue weighted by molar-refractivity contribution is 5.73. The maximum Gasteiger partial charge on any atom is 0.219 e. The maximum absolute atomic E-state index is 11.5. The van der Waals surface area contributed by atoms with Crippen LogP contribution >= 0.6 is 0 Å². The summed E-state index contributed by atoms with van der Waals surface area (Å²) in [7, 11) is 2.32. The van der Waals surface area contributed by atoms with Crippen LogP contribution in [0, 0.1) is 11.3 Å². The Kier molecular flexibility index (Phi) is 5.32. The molecule has 23 heavy (non-hydrogen) atoms. The Morgan fingerprint density at radius 3 is 2.48 bits per heavy atom. The number of carbonyl (C=O) groups excluding carboxylic acids is 1. The van der Waals surface area contributed by atoms with E-state index >= 15 is 0 Å². The Morgan fingerprint density at radius 1 is 1.26 bits per heavy atom. The Bertz CT molecular complexity index is 412. The quantitative estimate of drug-likeness (QED) is 0.780. The van der Waals surface area contributed by atoms with Gasteiger partial charge in [0, 0.05) is 44.6 Å². The average molecular weight is 322 g/mol. The molecule has 4 nitrogen and oxygen atoms in total. The molecule has 2 saturated carbocycles. The number of piperidine rings is 1. The summed E-state index contributed by atoms with van der Waals surface area (Å²) in [4.78, 5) is 16.1. The second-order valence-corrected chi connectivity index (χ2v) is 8.02. The Balaban J connectivity index is 1.53. The standard InChI is InChI=1S/C19H34N2O2/c1-4-23-18-13-17(19(18)9-5-6-10-19)20(3)14-16-7-11-21(12-8-16)15(2)22/h16-18H,4-14H2,1-3H3/t17-,18-/m0/s1. The van der Waals surface area contributed by atoms with Crippen LogP contribution in [-0.2, 0) is 9.53 Å². The summed E-state index contributed by atoms with van der Waals surface area (Å²) >= 11 is 0. The van der Waals surface area contributed by atoms with E-state index in [0.29, 0.717) is 17.6 Å². The molecule has 2 atom stereocenters. The van der Waals surface area contributed by atoms with E-state index in [0.717, 1.165) is 25.6 Å². The molecule has 1 saturated heterocycles. The van der Waals surface area contributed by atoms with Crippen LogP contribution in [0.15, 0.2) is 0 Å². The van der Waals surface area contributed by atoms with Gasteiger partial charge in [-0.15, -0.1) is 0 Å². The zero-order valence-corrected chi connectivity index (χ0v) is 15.2. The minimum absolute atomic E-state index is 0.236. The summed E-state index contributed by atoms with van der Waals surface area (Å²) in [6.07, 6.45) is 9.52. The molecule has 3 aliphatic rings. The van der Waals surface area contributed by atoms with Gasteiger partial charge in [-0.25, -0.2) is 0 Å². The van der Waals surface area contributed by atoms with Crippen LogP contribution in [0.1, 0.15) is 58.8 Å². The van der Waals surface area contributed by atoms with Crippen molar-refractivity contribution in [2.45, 2.75) is 70.9 Å². The molecule has 132 valence electrons. The summed E-state index contributed by atoms with van der Waals surface area (Å²) in [6.45, 7) is 7.76. The van der Waals surface area contributed by atoms with E-state index in [1.165, 1.54) is 51.5 Å². The lowest BCUT2D eigenvalue weighted by Gasteiger charge is -2.57. The summed E-state index contributed by atoms with van der Waals surface area (Å²) in [5.41, 5.74) is 0.449. The van der Waals surface area contributed by atoms with Crippen molar-refractivity contribution >= 4 is 5.91 Å². The van der Waals surface area contributed by atoms with Crippen molar-refractivity contribution in [1.82, 2.24) is 9.80 Å². The molecule has 1 amide bonds. The molecule has 0 aromatic rings. The number of likely N-dealkylation sites (tertiary alicyclic amines) is 1. The van der Waals surface area contributed by atoms with Gasteiger partial charge in [0.05, 0.1) is 6.10 Å². The van der Waals surface area contributed by atoms with Gasteiger partial charge in [-0.05, 0) is 52.0 Å². The molecule has 0 aromatic carbocycles. The third kappa shape index (κ3) is 3.30. The van der Waals surface area contributed by atoms with Crippen LogP contribution in [0.3, 0.4) is 0 Å². The van der Waals surface area contributed by atoms with E-state index in [1.54, 1.807) is 6.92 Å². The summed E-state index contributed by atoms with van der Waals surface area (Å²) < 4.78 is 6.06. The van der Waals surface area contributed by atoms with Crippen molar-refractivity contribution in [2.24, 2.45) is 11.3 Å². The second kappa shape index (κ2) is 7.10. The molecule has 0 radical (unpaired) electrons. The number of rotatable bonds is 5. The molecular weight excluding hydrogens is 288 g/mol. The molecule has 0 N–H and O–H groups in total. The molecule has 0 aromatic heterocycles. The van der Waals surface area contributed by atoms with E-state index in [4.69, 9.17) is 4.74 Å². The Hall–Kier alpha value is -0.610. The zero-order valence-electron chi connectivity index (χ0n) is 15.2. The molecule has 1 spiro atoms. The van der Waals surface area contributed by atoms with Crippen molar-refractivity contribution < 1.29 is 9.53 Å². The van der Waals surface area contributed by atoms with Crippen molar-refractivity contribution in [2.75, 3.05) is 33.3 Å². The largest absolute Gasteiger partial charge is 0.378 e. The van der Waals surface area contributed by atoms with Crippen LogP contribution < -0.4 is 0 Å². The van der Waals surface area contributed by atoms with Crippen LogP contribution in [0.25, 0.3) is 0 Å². The number of ether oxygens (including phenoxy) is 1. The molecule has 2 aliphatic carbocycles. The van der Waals surface area contributed by atoms with Crippen LogP contribution in [0.5, 0.6) is 0 Å². The third-order valence-corrected chi connectivity index (χ3v) is 6.78. The van der Waals surface area contributed by atoms with Crippen molar-refractivity contribution in [3.05, 3.63) is 0 Å². The summed E-state index contributed by atoms with van der Waals surface area (Å²) in [5, 5.41) is 0. The van der Waals surface area contributed by atoms with E-state index in [1.807, 2.05) is 4.90 Å². The van der Waals surface area contributed by atoms with Gasteiger partial charge < -0.3 is 14.5 Å². The highest BCUT2D eigenvalue weighted by Gasteiger charge is 2.57. The molecular formula is C19H34N2O2. The van der Waals surface area contributed by atoms with Gasteiger partial charge in [0.2, 0.25) is 5.91 Å². The average Bonchev–Trinajstić information content (AvgIpc) is 3.04. The lowest BCUT2D eigenvalue weighted by Crippen LogP contribution is -2.63.